The second-order valence-electron chi connectivity index (χ2n) is 6.24. The molecule has 0 radical (unpaired) electrons. The zero-order valence-corrected chi connectivity index (χ0v) is 14.9. The van der Waals surface area contributed by atoms with Gasteiger partial charge in [0.05, 0.1) is 11.9 Å². The summed E-state index contributed by atoms with van der Waals surface area (Å²) in [4.78, 5) is 4.19. The molecule has 1 aliphatic rings. The largest absolute Gasteiger partial charge is 0.489 e. The van der Waals surface area contributed by atoms with E-state index >= 15 is 0 Å². The lowest BCUT2D eigenvalue weighted by atomic mass is 10.1. The van der Waals surface area contributed by atoms with E-state index in [0.29, 0.717) is 37.2 Å². The first kappa shape index (κ1) is 17.8. The third kappa shape index (κ3) is 4.76. The van der Waals surface area contributed by atoms with Gasteiger partial charge < -0.3 is 4.74 Å². The normalized spacial score (nSPS) is 16.7. The van der Waals surface area contributed by atoms with Gasteiger partial charge in [0, 0.05) is 18.8 Å². The molecular weight excluding hydrogens is 343 g/mol. The number of piperidine rings is 1. The second-order valence-corrected chi connectivity index (χ2v) is 8.21. The van der Waals surface area contributed by atoms with E-state index < -0.39 is 15.8 Å². The molecule has 1 fully saturated rings. The summed E-state index contributed by atoms with van der Waals surface area (Å²) in [5.74, 6) is 0.0937. The van der Waals surface area contributed by atoms with E-state index in [1.165, 1.54) is 22.5 Å². The van der Waals surface area contributed by atoms with Crippen molar-refractivity contribution in [3.8, 4) is 5.75 Å². The molecule has 3 rings (SSSR count). The Morgan fingerprint density at radius 2 is 2.00 bits per heavy atom. The molecule has 1 aromatic carbocycles. The fourth-order valence-electron chi connectivity index (χ4n) is 2.87. The maximum absolute atomic E-state index is 13.2. The Kier molecular flexibility index (Phi) is 5.34. The Morgan fingerprint density at radius 1 is 1.24 bits per heavy atom. The maximum Gasteiger partial charge on any atom is 0.218 e. The molecule has 1 aliphatic heterocycles. The lowest BCUT2D eigenvalue weighted by molar-refractivity contribution is 0.134. The molecule has 1 saturated heterocycles. The first-order valence-electron chi connectivity index (χ1n) is 8.24. The molecule has 0 unspecified atom stereocenters. The van der Waals surface area contributed by atoms with Crippen LogP contribution in [0.2, 0.25) is 0 Å². The zero-order chi connectivity index (χ0) is 17.9. The van der Waals surface area contributed by atoms with Crippen molar-refractivity contribution in [1.82, 2.24) is 9.29 Å². The minimum atomic E-state index is -3.46. The number of pyridine rings is 1. The van der Waals surface area contributed by atoms with E-state index in [1.807, 2.05) is 19.1 Å². The van der Waals surface area contributed by atoms with Crippen molar-refractivity contribution < 1.29 is 17.5 Å². The highest BCUT2D eigenvalue weighted by Crippen LogP contribution is 2.22. The van der Waals surface area contributed by atoms with Gasteiger partial charge in [0.15, 0.2) is 0 Å². The quantitative estimate of drug-likeness (QED) is 0.819. The average molecular weight is 364 g/mol. The number of sulfonamides is 1. The van der Waals surface area contributed by atoms with Crippen LogP contribution in [-0.4, -0.2) is 36.9 Å². The van der Waals surface area contributed by atoms with Crippen molar-refractivity contribution in [2.45, 2.75) is 31.6 Å². The molecule has 0 bridgehead atoms. The van der Waals surface area contributed by atoms with Gasteiger partial charge in [-0.05, 0) is 49.6 Å². The Balaban J connectivity index is 1.56. The van der Waals surface area contributed by atoms with Gasteiger partial charge in [-0.25, -0.2) is 17.1 Å². The molecule has 2 aromatic rings. The molecule has 7 heteroatoms. The number of benzene rings is 1. The van der Waals surface area contributed by atoms with Crippen LogP contribution in [0.15, 0.2) is 42.6 Å². The highest BCUT2D eigenvalue weighted by atomic mass is 32.2. The van der Waals surface area contributed by atoms with Gasteiger partial charge in [-0.1, -0.05) is 12.1 Å². The second kappa shape index (κ2) is 7.49. The Morgan fingerprint density at radius 3 is 2.64 bits per heavy atom. The molecule has 134 valence electrons. The standard InChI is InChI=1S/C18H21FN2O3S/c1-14-5-6-18(12-20-14)24-17-7-9-21(10-8-17)25(22,23)13-15-3-2-4-16(19)11-15/h2-6,11-12,17H,7-10,13H2,1H3. The van der Waals surface area contributed by atoms with Crippen LogP contribution in [0, 0.1) is 12.7 Å². The smallest absolute Gasteiger partial charge is 0.218 e. The monoisotopic (exact) mass is 364 g/mol. The van der Waals surface area contributed by atoms with Gasteiger partial charge in [-0.2, -0.15) is 0 Å². The fraction of sp³-hybridized carbons (Fsp3) is 0.389. The summed E-state index contributed by atoms with van der Waals surface area (Å²) < 4.78 is 45.6. The summed E-state index contributed by atoms with van der Waals surface area (Å²) in [5, 5.41) is 0. The van der Waals surface area contributed by atoms with Gasteiger partial charge >= 0.3 is 0 Å². The number of hydrogen-bond donors (Lipinski definition) is 0. The first-order chi connectivity index (χ1) is 11.9. The van der Waals surface area contributed by atoms with Gasteiger partial charge in [0.2, 0.25) is 10.0 Å². The Bertz CT molecular complexity index is 816. The number of aromatic nitrogens is 1. The van der Waals surface area contributed by atoms with Crippen LogP contribution >= 0.6 is 0 Å². The van der Waals surface area contributed by atoms with Crippen molar-refractivity contribution >= 4 is 10.0 Å². The number of hydrogen-bond acceptors (Lipinski definition) is 4. The Labute approximate surface area is 147 Å². The number of halogens is 1. The lowest BCUT2D eigenvalue weighted by Crippen LogP contribution is -2.42. The summed E-state index contributed by atoms with van der Waals surface area (Å²) in [6.07, 6.45) is 2.90. The summed E-state index contributed by atoms with van der Waals surface area (Å²) in [7, 11) is -3.46. The zero-order valence-electron chi connectivity index (χ0n) is 14.1. The van der Waals surface area contributed by atoms with Gasteiger partial charge in [0.1, 0.15) is 17.7 Å². The van der Waals surface area contributed by atoms with Crippen LogP contribution in [-0.2, 0) is 15.8 Å². The molecular formula is C18H21FN2O3S. The maximum atomic E-state index is 13.2. The van der Waals surface area contributed by atoms with Crippen molar-refractivity contribution in [3.05, 3.63) is 59.7 Å². The summed E-state index contributed by atoms with van der Waals surface area (Å²) >= 11 is 0. The van der Waals surface area contributed by atoms with Crippen LogP contribution in [0.5, 0.6) is 5.75 Å². The van der Waals surface area contributed by atoms with Crippen molar-refractivity contribution in [3.63, 3.8) is 0 Å². The number of rotatable bonds is 5. The van der Waals surface area contributed by atoms with Crippen molar-refractivity contribution in [2.75, 3.05) is 13.1 Å². The van der Waals surface area contributed by atoms with Crippen LogP contribution in [0.4, 0.5) is 4.39 Å². The molecule has 0 aliphatic carbocycles. The predicted molar refractivity (Wildman–Crippen MR) is 93.2 cm³/mol. The highest BCUT2D eigenvalue weighted by Gasteiger charge is 2.29. The van der Waals surface area contributed by atoms with Crippen LogP contribution in [0.1, 0.15) is 24.1 Å². The molecule has 0 amide bonds. The number of aryl methyl sites for hydroxylation is 1. The first-order valence-corrected chi connectivity index (χ1v) is 9.85. The van der Waals surface area contributed by atoms with Gasteiger partial charge in [-0.3, -0.25) is 4.98 Å². The summed E-state index contributed by atoms with van der Waals surface area (Å²) in [6.45, 7) is 2.72. The molecule has 0 N–H and O–H groups in total. The third-order valence-electron chi connectivity index (χ3n) is 4.22. The molecule has 0 atom stereocenters. The predicted octanol–water partition coefficient (Wildman–Crippen LogP) is 2.90. The van der Waals surface area contributed by atoms with E-state index in [1.54, 1.807) is 12.3 Å². The van der Waals surface area contributed by atoms with Crippen molar-refractivity contribution in [1.29, 1.82) is 0 Å². The van der Waals surface area contributed by atoms with Crippen LogP contribution in [0.25, 0.3) is 0 Å². The van der Waals surface area contributed by atoms with E-state index in [2.05, 4.69) is 4.98 Å². The third-order valence-corrected chi connectivity index (χ3v) is 6.07. The lowest BCUT2D eigenvalue weighted by Gasteiger charge is -2.31. The van der Waals surface area contributed by atoms with Gasteiger partial charge in [-0.15, -0.1) is 0 Å². The van der Waals surface area contributed by atoms with Crippen molar-refractivity contribution in [2.24, 2.45) is 0 Å². The number of ether oxygens (including phenoxy) is 1. The van der Waals surface area contributed by atoms with Gasteiger partial charge in [0.25, 0.3) is 0 Å². The van der Waals surface area contributed by atoms with Crippen LogP contribution in [0.3, 0.4) is 0 Å². The average Bonchev–Trinajstić information content (AvgIpc) is 2.57. The molecule has 25 heavy (non-hydrogen) atoms. The highest BCUT2D eigenvalue weighted by molar-refractivity contribution is 7.88. The summed E-state index contributed by atoms with van der Waals surface area (Å²) in [5.41, 5.74) is 1.38. The molecule has 2 heterocycles. The molecule has 0 saturated carbocycles. The van der Waals surface area contributed by atoms with E-state index in [9.17, 15) is 12.8 Å². The number of nitrogens with zero attached hydrogens (tertiary/aromatic N) is 2. The fourth-order valence-corrected chi connectivity index (χ4v) is 4.42. The summed E-state index contributed by atoms with van der Waals surface area (Å²) in [6, 6.07) is 9.47. The van der Waals surface area contributed by atoms with Crippen LogP contribution < -0.4 is 4.74 Å². The molecule has 0 spiro atoms. The minimum absolute atomic E-state index is 0.0230. The van der Waals surface area contributed by atoms with E-state index in [0.717, 1.165) is 5.69 Å². The molecule has 1 aromatic heterocycles. The minimum Gasteiger partial charge on any atom is -0.489 e. The van der Waals surface area contributed by atoms with E-state index in [-0.39, 0.29) is 11.9 Å². The molecule has 5 nitrogen and oxygen atoms in total. The Hall–Kier alpha value is -1.99. The SMILES string of the molecule is Cc1ccc(OC2CCN(S(=O)(=O)Cc3cccc(F)c3)CC2)cn1. The van der Waals surface area contributed by atoms with E-state index in [4.69, 9.17) is 4.74 Å². The topological polar surface area (TPSA) is 59.5 Å².